The molecule has 4 nitrogen and oxygen atoms in total. The SMILES string of the molecule is N#Cc1ccc(NCC(c2cccc(F)c2)N2CCOCC2)c(F)c1. The normalized spacial score (nSPS) is 16.2. The van der Waals surface area contributed by atoms with E-state index in [1.807, 2.05) is 12.1 Å². The van der Waals surface area contributed by atoms with Gasteiger partial charge in [0.1, 0.15) is 11.6 Å². The quantitative estimate of drug-likeness (QED) is 0.905. The van der Waals surface area contributed by atoms with Crippen LogP contribution < -0.4 is 5.32 Å². The fourth-order valence-corrected chi connectivity index (χ4v) is 3.00. The van der Waals surface area contributed by atoms with Crippen molar-refractivity contribution in [3.8, 4) is 6.07 Å². The van der Waals surface area contributed by atoms with E-state index in [2.05, 4.69) is 10.2 Å². The Morgan fingerprint density at radius 2 is 1.96 bits per heavy atom. The zero-order valence-corrected chi connectivity index (χ0v) is 13.7. The van der Waals surface area contributed by atoms with Gasteiger partial charge in [-0.1, -0.05) is 12.1 Å². The van der Waals surface area contributed by atoms with Crippen molar-refractivity contribution in [2.75, 3.05) is 38.2 Å². The van der Waals surface area contributed by atoms with Crippen molar-refractivity contribution in [2.24, 2.45) is 0 Å². The number of rotatable bonds is 5. The molecule has 1 saturated heterocycles. The number of hydrogen-bond donors (Lipinski definition) is 1. The first-order chi connectivity index (χ1) is 12.2. The molecular formula is C19H19F2N3O. The largest absolute Gasteiger partial charge is 0.381 e. The lowest BCUT2D eigenvalue weighted by atomic mass is 10.0. The maximum absolute atomic E-state index is 14.1. The summed E-state index contributed by atoms with van der Waals surface area (Å²) in [6, 6.07) is 12.6. The van der Waals surface area contributed by atoms with E-state index in [1.54, 1.807) is 18.2 Å². The molecule has 130 valence electrons. The molecule has 1 atom stereocenters. The molecule has 0 bridgehead atoms. The second kappa shape index (κ2) is 8.06. The Bertz CT molecular complexity index is 770. The van der Waals surface area contributed by atoms with Crippen LogP contribution in [0.3, 0.4) is 0 Å². The van der Waals surface area contributed by atoms with Crippen LogP contribution >= 0.6 is 0 Å². The Balaban J connectivity index is 1.79. The molecule has 0 aromatic heterocycles. The van der Waals surface area contributed by atoms with E-state index in [1.165, 1.54) is 18.2 Å². The number of morpholine rings is 1. The Morgan fingerprint density at radius 3 is 2.64 bits per heavy atom. The van der Waals surface area contributed by atoms with Crippen LogP contribution in [0.2, 0.25) is 0 Å². The summed E-state index contributed by atoms with van der Waals surface area (Å²) in [5.74, 6) is -0.765. The number of halogens is 2. The number of nitriles is 1. The molecule has 0 saturated carbocycles. The minimum atomic E-state index is -0.473. The third-order valence-electron chi connectivity index (χ3n) is 4.30. The summed E-state index contributed by atoms with van der Waals surface area (Å²) in [6.07, 6.45) is 0. The number of nitrogens with one attached hydrogen (secondary N) is 1. The third-order valence-corrected chi connectivity index (χ3v) is 4.30. The number of ether oxygens (including phenoxy) is 1. The van der Waals surface area contributed by atoms with Crippen LogP contribution in [0, 0.1) is 23.0 Å². The molecule has 1 unspecified atom stereocenters. The molecule has 0 spiro atoms. The summed E-state index contributed by atoms with van der Waals surface area (Å²) in [5.41, 5.74) is 1.44. The van der Waals surface area contributed by atoms with Crippen LogP contribution in [0.5, 0.6) is 0 Å². The van der Waals surface area contributed by atoms with Crippen LogP contribution in [0.4, 0.5) is 14.5 Å². The van der Waals surface area contributed by atoms with Crippen LogP contribution in [-0.4, -0.2) is 37.7 Å². The molecule has 25 heavy (non-hydrogen) atoms. The van der Waals surface area contributed by atoms with Crippen LogP contribution in [0.1, 0.15) is 17.2 Å². The maximum atomic E-state index is 14.1. The minimum absolute atomic E-state index is 0.102. The minimum Gasteiger partial charge on any atom is -0.381 e. The lowest BCUT2D eigenvalue weighted by Crippen LogP contribution is -2.41. The van der Waals surface area contributed by atoms with E-state index in [9.17, 15) is 8.78 Å². The number of hydrogen-bond acceptors (Lipinski definition) is 4. The predicted octanol–water partition coefficient (Wildman–Crippen LogP) is 3.32. The molecule has 0 aliphatic carbocycles. The number of benzene rings is 2. The molecule has 1 aliphatic rings. The van der Waals surface area contributed by atoms with Crippen LogP contribution in [0.25, 0.3) is 0 Å². The Morgan fingerprint density at radius 1 is 1.16 bits per heavy atom. The fraction of sp³-hybridized carbons (Fsp3) is 0.316. The Hall–Kier alpha value is -2.49. The van der Waals surface area contributed by atoms with E-state index in [0.717, 1.165) is 18.7 Å². The zero-order chi connectivity index (χ0) is 17.6. The van der Waals surface area contributed by atoms with Gasteiger partial charge in [0.05, 0.1) is 36.6 Å². The first-order valence-corrected chi connectivity index (χ1v) is 8.18. The van der Waals surface area contributed by atoms with Gasteiger partial charge in [-0.05, 0) is 35.9 Å². The Kier molecular flexibility index (Phi) is 5.59. The summed E-state index contributed by atoms with van der Waals surface area (Å²) in [6.45, 7) is 3.14. The van der Waals surface area contributed by atoms with Gasteiger partial charge in [-0.15, -0.1) is 0 Å². The van der Waals surface area contributed by atoms with Crippen molar-refractivity contribution in [3.05, 3.63) is 65.2 Å². The molecule has 6 heteroatoms. The topological polar surface area (TPSA) is 48.3 Å². The van der Waals surface area contributed by atoms with Crippen molar-refractivity contribution >= 4 is 5.69 Å². The highest BCUT2D eigenvalue weighted by Crippen LogP contribution is 2.24. The summed E-state index contributed by atoms with van der Waals surface area (Å²) in [5, 5.41) is 11.9. The van der Waals surface area contributed by atoms with E-state index in [4.69, 9.17) is 10.00 Å². The highest BCUT2D eigenvalue weighted by Gasteiger charge is 2.23. The highest BCUT2D eigenvalue weighted by molar-refractivity contribution is 5.49. The van der Waals surface area contributed by atoms with Crippen molar-refractivity contribution in [1.82, 2.24) is 4.90 Å². The van der Waals surface area contributed by atoms with Crippen LogP contribution in [-0.2, 0) is 4.74 Å². The molecule has 1 N–H and O–H groups in total. The van der Waals surface area contributed by atoms with Gasteiger partial charge in [-0.2, -0.15) is 5.26 Å². The van der Waals surface area contributed by atoms with Crippen molar-refractivity contribution in [1.29, 1.82) is 5.26 Å². The molecule has 0 radical (unpaired) electrons. The van der Waals surface area contributed by atoms with Crippen molar-refractivity contribution in [3.63, 3.8) is 0 Å². The van der Waals surface area contributed by atoms with Gasteiger partial charge in [0, 0.05) is 19.6 Å². The Labute approximate surface area is 145 Å². The monoisotopic (exact) mass is 343 g/mol. The average Bonchev–Trinajstić information content (AvgIpc) is 2.64. The summed E-state index contributed by atoms with van der Waals surface area (Å²) in [4.78, 5) is 2.20. The van der Waals surface area contributed by atoms with Crippen LogP contribution in [0.15, 0.2) is 42.5 Å². The molecule has 1 heterocycles. The molecule has 1 aliphatic heterocycles. The number of nitrogens with zero attached hydrogens (tertiary/aromatic N) is 2. The second-order valence-corrected chi connectivity index (χ2v) is 5.91. The smallest absolute Gasteiger partial charge is 0.147 e. The standard InChI is InChI=1S/C19H19F2N3O/c20-16-3-1-2-15(11-16)19(24-6-8-25-9-7-24)13-23-18-5-4-14(12-22)10-17(18)21/h1-5,10-11,19,23H,6-9,13H2. The van der Waals surface area contributed by atoms with Gasteiger partial charge >= 0.3 is 0 Å². The van der Waals surface area contributed by atoms with E-state index >= 15 is 0 Å². The second-order valence-electron chi connectivity index (χ2n) is 5.91. The maximum Gasteiger partial charge on any atom is 0.147 e. The molecule has 0 amide bonds. The van der Waals surface area contributed by atoms with Gasteiger partial charge in [0.25, 0.3) is 0 Å². The van der Waals surface area contributed by atoms with E-state index < -0.39 is 5.82 Å². The molecule has 1 fully saturated rings. The molecular weight excluding hydrogens is 324 g/mol. The zero-order valence-electron chi connectivity index (χ0n) is 13.7. The van der Waals surface area contributed by atoms with Crippen molar-refractivity contribution < 1.29 is 13.5 Å². The first-order valence-electron chi connectivity index (χ1n) is 8.18. The van der Waals surface area contributed by atoms with Gasteiger partial charge in [0.15, 0.2) is 0 Å². The van der Waals surface area contributed by atoms with Gasteiger partial charge < -0.3 is 10.1 Å². The van der Waals surface area contributed by atoms with E-state index in [-0.39, 0.29) is 17.4 Å². The molecule has 2 aromatic carbocycles. The van der Waals surface area contributed by atoms with Gasteiger partial charge in [-0.25, -0.2) is 8.78 Å². The van der Waals surface area contributed by atoms with Crippen molar-refractivity contribution in [2.45, 2.75) is 6.04 Å². The summed E-state index contributed by atoms with van der Waals surface area (Å²) in [7, 11) is 0. The predicted molar refractivity (Wildman–Crippen MR) is 91.1 cm³/mol. The first kappa shape index (κ1) is 17.3. The third kappa shape index (κ3) is 4.32. The average molecular weight is 343 g/mol. The highest BCUT2D eigenvalue weighted by atomic mass is 19.1. The summed E-state index contributed by atoms with van der Waals surface area (Å²) < 4.78 is 33.1. The molecule has 2 aromatic rings. The van der Waals surface area contributed by atoms with Gasteiger partial charge in [0.2, 0.25) is 0 Å². The molecule has 3 rings (SSSR count). The lowest BCUT2D eigenvalue weighted by Gasteiger charge is -2.35. The van der Waals surface area contributed by atoms with E-state index in [0.29, 0.717) is 25.4 Å². The number of anilines is 1. The fourth-order valence-electron chi connectivity index (χ4n) is 3.00. The van der Waals surface area contributed by atoms with Gasteiger partial charge in [-0.3, -0.25) is 4.90 Å². The lowest BCUT2D eigenvalue weighted by molar-refractivity contribution is 0.0186. The summed E-state index contributed by atoms with van der Waals surface area (Å²) >= 11 is 0.